The van der Waals surface area contributed by atoms with Crippen molar-refractivity contribution in [3.8, 4) is 16.9 Å². The van der Waals surface area contributed by atoms with Crippen molar-refractivity contribution in [1.82, 2.24) is 0 Å². The fourth-order valence-electron chi connectivity index (χ4n) is 3.06. The molecule has 7 heteroatoms. The highest BCUT2D eigenvalue weighted by molar-refractivity contribution is 6.06. The van der Waals surface area contributed by atoms with E-state index in [1.165, 1.54) is 12.1 Å². The number of rotatable bonds is 3. The van der Waals surface area contributed by atoms with Crippen LogP contribution >= 0.6 is 0 Å². The molecule has 4 nitrogen and oxygen atoms in total. The van der Waals surface area contributed by atoms with E-state index >= 15 is 0 Å². The zero-order valence-corrected chi connectivity index (χ0v) is 14.3. The van der Waals surface area contributed by atoms with Gasteiger partial charge in [-0.25, -0.2) is 0 Å². The number of aldehydes is 1. The van der Waals surface area contributed by atoms with Gasteiger partial charge in [-0.05, 0) is 61.7 Å². The number of halogens is 3. The minimum absolute atomic E-state index is 0.131. The predicted molar refractivity (Wildman–Crippen MR) is 90.3 cm³/mol. The number of ether oxygens (including phenoxy) is 1. The Morgan fingerprint density at radius 3 is 2.42 bits per heavy atom. The normalized spacial score (nSPS) is 15.4. The lowest BCUT2D eigenvalue weighted by Gasteiger charge is -2.18. The monoisotopic (exact) mass is 363 g/mol. The maximum atomic E-state index is 12.7. The molecular weight excluding hydrogens is 347 g/mol. The van der Waals surface area contributed by atoms with Crippen molar-refractivity contribution in [1.29, 1.82) is 0 Å². The van der Waals surface area contributed by atoms with Crippen LogP contribution in [0.2, 0.25) is 0 Å². The first-order chi connectivity index (χ1) is 12.0. The van der Waals surface area contributed by atoms with E-state index in [1.807, 2.05) is 0 Å². The van der Waals surface area contributed by atoms with Crippen molar-refractivity contribution in [2.45, 2.75) is 32.5 Å². The molecule has 0 fully saturated rings. The molecule has 3 rings (SSSR count). The van der Waals surface area contributed by atoms with Gasteiger partial charge in [0.25, 0.3) is 0 Å². The highest BCUT2D eigenvalue weighted by atomic mass is 19.4. The van der Waals surface area contributed by atoms with Crippen LogP contribution in [0.15, 0.2) is 30.3 Å². The summed E-state index contributed by atoms with van der Waals surface area (Å²) in [5.41, 5.74) is 2.05. The van der Waals surface area contributed by atoms with Crippen LogP contribution in [0.1, 0.15) is 35.3 Å². The molecule has 0 spiro atoms. The van der Waals surface area contributed by atoms with E-state index in [1.54, 1.807) is 32.9 Å². The molecule has 2 aromatic rings. The number of amides is 1. The summed E-state index contributed by atoms with van der Waals surface area (Å²) in [5, 5.41) is 2.75. The molecule has 26 heavy (non-hydrogen) atoms. The SMILES string of the molecule is Cc1cc2c(cc1-c1cc(C=O)ccc1OC(F)(F)F)NC(=O)C2(C)C. The first-order valence-electron chi connectivity index (χ1n) is 7.85. The van der Waals surface area contributed by atoms with Crippen molar-refractivity contribution in [2.75, 3.05) is 5.32 Å². The molecule has 136 valence electrons. The Bertz CT molecular complexity index is 917. The molecule has 0 aromatic heterocycles. The van der Waals surface area contributed by atoms with Gasteiger partial charge in [-0.15, -0.1) is 13.2 Å². The Morgan fingerprint density at radius 1 is 1.12 bits per heavy atom. The molecule has 0 atom stereocenters. The maximum Gasteiger partial charge on any atom is 0.573 e. The third-order valence-corrected chi connectivity index (χ3v) is 4.51. The number of alkyl halides is 3. The topological polar surface area (TPSA) is 55.4 Å². The lowest BCUT2D eigenvalue weighted by Crippen LogP contribution is -2.26. The smallest absolute Gasteiger partial charge is 0.405 e. The summed E-state index contributed by atoms with van der Waals surface area (Å²) < 4.78 is 42.4. The van der Waals surface area contributed by atoms with Crippen LogP contribution in [0, 0.1) is 6.92 Å². The molecule has 1 N–H and O–H groups in total. The van der Waals surface area contributed by atoms with Gasteiger partial charge in [-0.3, -0.25) is 9.59 Å². The molecule has 0 saturated heterocycles. The van der Waals surface area contributed by atoms with E-state index in [2.05, 4.69) is 10.1 Å². The van der Waals surface area contributed by atoms with Gasteiger partial charge in [0.05, 0.1) is 5.41 Å². The Hall–Kier alpha value is -2.83. The van der Waals surface area contributed by atoms with E-state index in [9.17, 15) is 22.8 Å². The summed E-state index contributed by atoms with van der Waals surface area (Å²) in [6.07, 6.45) is -4.31. The summed E-state index contributed by atoms with van der Waals surface area (Å²) in [5.74, 6) is -0.591. The molecule has 1 amide bonds. The zero-order chi connectivity index (χ0) is 19.3. The molecule has 1 heterocycles. The fraction of sp³-hybridized carbons (Fsp3) is 0.263. The predicted octanol–water partition coefficient (Wildman–Crippen LogP) is 4.60. The van der Waals surface area contributed by atoms with Crippen LogP contribution < -0.4 is 10.1 Å². The summed E-state index contributed by atoms with van der Waals surface area (Å²) in [4.78, 5) is 23.2. The molecule has 0 saturated carbocycles. The third-order valence-electron chi connectivity index (χ3n) is 4.51. The Kier molecular flexibility index (Phi) is 4.05. The zero-order valence-electron chi connectivity index (χ0n) is 14.3. The second-order valence-electron chi connectivity index (χ2n) is 6.71. The van der Waals surface area contributed by atoms with Crippen molar-refractivity contribution >= 4 is 17.9 Å². The standard InChI is InChI=1S/C19H16F3NO3/c1-10-6-14-15(23-17(25)18(14,2)3)8-12(10)13-7-11(9-24)4-5-16(13)26-19(20,21)22/h4-9H,1-3H3,(H,23,25). The minimum atomic E-state index is -4.86. The van der Waals surface area contributed by atoms with Crippen LogP contribution in [-0.4, -0.2) is 18.6 Å². The van der Waals surface area contributed by atoms with E-state index in [4.69, 9.17) is 0 Å². The number of hydrogen-bond acceptors (Lipinski definition) is 3. The van der Waals surface area contributed by atoms with Crippen LogP contribution in [0.3, 0.4) is 0 Å². The second kappa shape index (κ2) is 5.86. The van der Waals surface area contributed by atoms with Crippen molar-refractivity contribution < 1.29 is 27.5 Å². The second-order valence-corrected chi connectivity index (χ2v) is 6.71. The molecule has 0 aliphatic carbocycles. The lowest BCUT2D eigenvalue weighted by molar-refractivity contribution is -0.274. The quantitative estimate of drug-likeness (QED) is 0.811. The Morgan fingerprint density at radius 2 is 1.81 bits per heavy atom. The number of carbonyl (C=O) groups is 2. The summed E-state index contributed by atoms with van der Waals surface area (Å²) in [7, 11) is 0. The van der Waals surface area contributed by atoms with Gasteiger partial charge in [-0.1, -0.05) is 6.07 Å². The van der Waals surface area contributed by atoms with Gasteiger partial charge in [0.2, 0.25) is 5.91 Å². The van der Waals surface area contributed by atoms with Gasteiger partial charge in [0, 0.05) is 16.8 Å². The van der Waals surface area contributed by atoms with Gasteiger partial charge in [0.15, 0.2) is 0 Å². The molecule has 0 unspecified atom stereocenters. The van der Waals surface area contributed by atoms with Crippen molar-refractivity contribution in [2.24, 2.45) is 0 Å². The minimum Gasteiger partial charge on any atom is -0.405 e. The van der Waals surface area contributed by atoms with Crippen molar-refractivity contribution in [3.63, 3.8) is 0 Å². The average molecular weight is 363 g/mol. The Labute approximate surface area is 148 Å². The molecule has 0 bridgehead atoms. The molecule has 0 radical (unpaired) electrons. The maximum absolute atomic E-state index is 12.7. The number of carbonyl (C=O) groups excluding carboxylic acids is 2. The van der Waals surface area contributed by atoms with Gasteiger partial charge < -0.3 is 10.1 Å². The number of aryl methyl sites for hydroxylation is 1. The molecule has 2 aromatic carbocycles. The highest BCUT2D eigenvalue weighted by Crippen LogP contribution is 2.43. The Balaban J connectivity index is 2.20. The van der Waals surface area contributed by atoms with E-state index in [-0.39, 0.29) is 17.0 Å². The summed E-state index contributed by atoms with van der Waals surface area (Å²) >= 11 is 0. The number of anilines is 1. The summed E-state index contributed by atoms with van der Waals surface area (Å²) in [6.45, 7) is 5.29. The lowest BCUT2D eigenvalue weighted by atomic mass is 9.84. The third kappa shape index (κ3) is 3.05. The van der Waals surface area contributed by atoms with Gasteiger partial charge in [0.1, 0.15) is 12.0 Å². The van der Waals surface area contributed by atoms with Gasteiger partial charge >= 0.3 is 6.36 Å². The number of nitrogens with one attached hydrogen (secondary N) is 1. The average Bonchev–Trinajstić information content (AvgIpc) is 2.76. The molecule has 1 aliphatic heterocycles. The van der Waals surface area contributed by atoms with Crippen LogP contribution in [-0.2, 0) is 10.2 Å². The van der Waals surface area contributed by atoms with E-state index in [0.29, 0.717) is 23.1 Å². The highest BCUT2D eigenvalue weighted by Gasteiger charge is 2.39. The van der Waals surface area contributed by atoms with E-state index < -0.39 is 17.5 Å². The molecule has 1 aliphatic rings. The fourth-order valence-corrected chi connectivity index (χ4v) is 3.06. The van der Waals surface area contributed by atoms with Crippen LogP contribution in [0.5, 0.6) is 5.75 Å². The first kappa shape index (κ1) is 18.0. The molecular formula is C19H16F3NO3. The largest absolute Gasteiger partial charge is 0.573 e. The number of fused-ring (bicyclic) bond motifs is 1. The van der Waals surface area contributed by atoms with Gasteiger partial charge in [-0.2, -0.15) is 0 Å². The number of benzene rings is 2. The number of hydrogen-bond donors (Lipinski definition) is 1. The summed E-state index contributed by atoms with van der Waals surface area (Å²) in [6, 6.07) is 7.09. The van der Waals surface area contributed by atoms with Crippen LogP contribution in [0.4, 0.5) is 18.9 Å². The van der Waals surface area contributed by atoms with Crippen LogP contribution in [0.25, 0.3) is 11.1 Å². The first-order valence-corrected chi connectivity index (χ1v) is 7.85. The van der Waals surface area contributed by atoms with E-state index in [0.717, 1.165) is 11.6 Å². The van der Waals surface area contributed by atoms with Crippen molar-refractivity contribution in [3.05, 3.63) is 47.0 Å².